The average molecular weight is 527 g/mol. The topological polar surface area (TPSA) is 58.6 Å². The van der Waals surface area contributed by atoms with Crippen molar-refractivity contribution >= 4 is 35.0 Å². The molecule has 1 N–H and O–H groups in total. The lowest BCUT2D eigenvalue weighted by Crippen LogP contribution is -2.52. The number of carbonyl (C=O) groups excluding carboxylic acids is 2. The Morgan fingerprint density at radius 3 is 2.14 bits per heavy atom. The molecule has 2 atom stereocenters. The third kappa shape index (κ3) is 7.49. The van der Waals surface area contributed by atoms with Crippen molar-refractivity contribution in [2.45, 2.75) is 51.7 Å². The van der Waals surface area contributed by atoms with Crippen LogP contribution in [0.5, 0.6) is 5.75 Å². The second kappa shape index (κ2) is 13.3. The maximum atomic E-state index is 13.8. The molecule has 0 heterocycles. The maximum Gasteiger partial charge on any atom is 0.243 e. The van der Waals surface area contributed by atoms with Crippen molar-refractivity contribution in [1.82, 2.24) is 10.2 Å². The van der Waals surface area contributed by atoms with E-state index in [9.17, 15) is 9.59 Å². The van der Waals surface area contributed by atoms with Crippen molar-refractivity contribution in [1.29, 1.82) is 0 Å². The Morgan fingerprint density at radius 1 is 0.917 bits per heavy atom. The summed E-state index contributed by atoms with van der Waals surface area (Å²) in [6.45, 7) is 4.07. The minimum absolute atomic E-state index is 0.0294. The van der Waals surface area contributed by atoms with Crippen molar-refractivity contribution in [2.24, 2.45) is 0 Å². The number of hydrogen-bond acceptors (Lipinski definition) is 3. The van der Waals surface area contributed by atoms with Crippen LogP contribution in [0.1, 0.15) is 37.0 Å². The van der Waals surface area contributed by atoms with Gasteiger partial charge in [-0.05, 0) is 48.7 Å². The molecule has 0 aliphatic heterocycles. The van der Waals surface area contributed by atoms with Gasteiger partial charge in [0, 0.05) is 34.6 Å². The van der Waals surface area contributed by atoms with Gasteiger partial charge in [-0.2, -0.15) is 0 Å². The summed E-state index contributed by atoms with van der Waals surface area (Å²) < 4.78 is 5.23. The van der Waals surface area contributed by atoms with Gasteiger partial charge in [-0.1, -0.05) is 78.7 Å². The largest absolute Gasteiger partial charge is 0.497 e. The fourth-order valence-corrected chi connectivity index (χ4v) is 4.39. The summed E-state index contributed by atoms with van der Waals surface area (Å²) in [6.07, 6.45) is 1.26. The summed E-state index contributed by atoms with van der Waals surface area (Å²) in [6, 6.07) is 21.5. The normalized spacial score (nSPS) is 12.5. The maximum absolute atomic E-state index is 13.8. The molecule has 0 radical (unpaired) electrons. The number of nitrogens with zero attached hydrogens (tertiary/aromatic N) is 1. The average Bonchev–Trinajstić information content (AvgIpc) is 2.88. The molecule has 0 fully saturated rings. The SMILES string of the molecule is CCC(C)NC(=O)C(Cc1ccccc1)N(Cc1c(Cl)cccc1Cl)C(=O)Cc1ccc(OC)cc1. The molecule has 0 aromatic heterocycles. The van der Waals surface area contributed by atoms with Gasteiger partial charge in [0.25, 0.3) is 0 Å². The highest BCUT2D eigenvalue weighted by atomic mass is 35.5. The number of amides is 2. The van der Waals surface area contributed by atoms with Crippen molar-refractivity contribution in [3.05, 3.63) is 99.5 Å². The minimum atomic E-state index is -0.750. The predicted molar refractivity (Wildman–Crippen MR) is 146 cm³/mol. The Hall–Kier alpha value is -3.02. The molecule has 3 rings (SSSR count). The summed E-state index contributed by atoms with van der Waals surface area (Å²) in [4.78, 5) is 29.0. The number of rotatable bonds is 11. The molecule has 0 spiro atoms. The Morgan fingerprint density at radius 2 is 1.56 bits per heavy atom. The molecule has 0 saturated heterocycles. The summed E-state index contributed by atoms with van der Waals surface area (Å²) in [5.41, 5.74) is 2.38. The molecule has 5 nitrogen and oxygen atoms in total. The zero-order valence-electron chi connectivity index (χ0n) is 20.8. The van der Waals surface area contributed by atoms with Crippen LogP contribution in [-0.2, 0) is 29.0 Å². The van der Waals surface area contributed by atoms with Crippen molar-refractivity contribution in [2.75, 3.05) is 7.11 Å². The van der Waals surface area contributed by atoms with E-state index in [-0.39, 0.29) is 30.8 Å². The van der Waals surface area contributed by atoms with E-state index in [0.717, 1.165) is 17.5 Å². The van der Waals surface area contributed by atoms with Crippen molar-refractivity contribution in [3.63, 3.8) is 0 Å². The van der Waals surface area contributed by atoms with Crippen LogP contribution in [0.2, 0.25) is 10.0 Å². The second-order valence-electron chi connectivity index (χ2n) is 8.77. The van der Waals surface area contributed by atoms with E-state index in [1.165, 1.54) is 0 Å². The number of benzene rings is 3. The van der Waals surface area contributed by atoms with Gasteiger partial charge in [0.05, 0.1) is 13.5 Å². The van der Waals surface area contributed by atoms with E-state index >= 15 is 0 Å². The third-order valence-corrected chi connectivity index (χ3v) is 6.88. The fourth-order valence-electron chi connectivity index (χ4n) is 3.87. The van der Waals surface area contributed by atoms with Gasteiger partial charge < -0.3 is 15.0 Å². The third-order valence-electron chi connectivity index (χ3n) is 6.18. The Balaban J connectivity index is 2.00. The Kier molecular flexibility index (Phi) is 10.2. The fraction of sp³-hybridized carbons (Fsp3) is 0.310. The van der Waals surface area contributed by atoms with Crippen LogP contribution in [0.3, 0.4) is 0 Å². The lowest BCUT2D eigenvalue weighted by atomic mass is 10.0. The van der Waals surface area contributed by atoms with Gasteiger partial charge in [0.2, 0.25) is 11.8 Å². The van der Waals surface area contributed by atoms with Gasteiger partial charge in [0.15, 0.2) is 0 Å². The number of halogens is 2. The van der Waals surface area contributed by atoms with Crippen molar-refractivity contribution in [3.8, 4) is 5.75 Å². The molecule has 7 heteroatoms. The molecular weight excluding hydrogens is 495 g/mol. The Bertz CT molecular complexity index is 1130. The molecule has 3 aromatic carbocycles. The van der Waals surface area contributed by atoms with E-state index in [0.29, 0.717) is 27.8 Å². The molecule has 0 aliphatic carbocycles. The molecule has 0 aliphatic rings. The van der Waals surface area contributed by atoms with Crippen LogP contribution in [0.25, 0.3) is 0 Å². The van der Waals surface area contributed by atoms with Gasteiger partial charge in [-0.3, -0.25) is 9.59 Å². The lowest BCUT2D eigenvalue weighted by Gasteiger charge is -2.33. The quantitative estimate of drug-likeness (QED) is 0.328. The monoisotopic (exact) mass is 526 g/mol. The number of carbonyl (C=O) groups is 2. The lowest BCUT2D eigenvalue weighted by molar-refractivity contribution is -0.141. The minimum Gasteiger partial charge on any atom is -0.497 e. The number of hydrogen-bond donors (Lipinski definition) is 1. The van der Waals surface area contributed by atoms with Crippen LogP contribution < -0.4 is 10.1 Å². The van der Waals surface area contributed by atoms with E-state index in [2.05, 4.69) is 5.32 Å². The standard InChI is InChI=1S/C29H32Cl2N2O3/c1-4-20(2)32-29(35)27(17-21-9-6-5-7-10-21)33(19-24-25(30)11-8-12-26(24)31)28(34)18-22-13-15-23(36-3)16-14-22/h5-16,20,27H,4,17-19H2,1-3H3,(H,32,35). The molecule has 0 saturated carbocycles. The molecule has 36 heavy (non-hydrogen) atoms. The number of nitrogens with one attached hydrogen (secondary N) is 1. The van der Waals surface area contributed by atoms with Crippen LogP contribution >= 0.6 is 23.2 Å². The first-order chi connectivity index (χ1) is 17.3. The molecular formula is C29H32Cl2N2O3. The summed E-state index contributed by atoms with van der Waals surface area (Å²) in [5, 5.41) is 3.96. The summed E-state index contributed by atoms with van der Waals surface area (Å²) in [5.74, 6) is 0.302. The van der Waals surface area contributed by atoms with Gasteiger partial charge in [-0.15, -0.1) is 0 Å². The van der Waals surface area contributed by atoms with E-state index in [1.54, 1.807) is 30.2 Å². The van der Waals surface area contributed by atoms with E-state index in [4.69, 9.17) is 27.9 Å². The van der Waals surface area contributed by atoms with Gasteiger partial charge >= 0.3 is 0 Å². The summed E-state index contributed by atoms with van der Waals surface area (Å²) >= 11 is 13.0. The Labute approximate surface area is 223 Å². The first kappa shape index (κ1) is 27.6. The predicted octanol–water partition coefficient (Wildman–Crippen LogP) is 6.10. The van der Waals surface area contributed by atoms with E-state index < -0.39 is 6.04 Å². The molecule has 0 bridgehead atoms. The van der Waals surface area contributed by atoms with Crippen LogP contribution in [0.15, 0.2) is 72.8 Å². The van der Waals surface area contributed by atoms with Gasteiger partial charge in [0.1, 0.15) is 11.8 Å². The zero-order valence-corrected chi connectivity index (χ0v) is 22.4. The summed E-state index contributed by atoms with van der Waals surface area (Å²) in [7, 11) is 1.60. The highest BCUT2D eigenvalue weighted by molar-refractivity contribution is 6.36. The highest BCUT2D eigenvalue weighted by Gasteiger charge is 2.31. The van der Waals surface area contributed by atoms with Crippen LogP contribution in [0, 0.1) is 0 Å². The molecule has 190 valence electrons. The van der Waals surface area contributed by atoms with Gasteiger partial charge in [-0.25, -0.2) is 0 Å². The molecule has 2 unspecified atom stereocenters. The first-order valence-corrected chi connectivity index (χ1v) is 12.8. The van der Waals surface area contributed by atoms with Crippen molar-refractivity contribution < 1.29 is 14.3 Å². The van der Waals surface area contributed by atoms with Crippen LogP contribution in [-0.4, -0.2) is 35.9 Å². The smallest absolute Gasteiger partial charge is 0.243 e. The molecule has 3 aromatic rings. The zero-order chi connectivity index (χ0) is 26.1. The first-order valence-electron chi connectivity index (χ1n) is 12.0. The van der Waals surface area contributed by atoms with Crippen LogP contribution in [0.4, 0.5) is 0 Å². The number of methoxy groups -OCH3 is 1. The number of ether oxygens (including phenoxy) is 1. The highest BCUT2D eigenvalue weighted by Crippen LogP contribution is 2.28. The molecule has 2 amide bonds. The van der Waals surface area contributed by atoms with E-state index in [1.807, 2.05) is 68.4 Å². The second-order valence-corrected chi connectivity index (χ2v) is 9.58.